The van der Waals surface area contributed by atoms with Gasteiger partial charge in [-0.1, -0.05) is 48.2 Å². The molecule has 0 spiro atoms. The molecule has 0 saturated carbocycles. The predicted octanol–water partition coefficient (Wildman–Crippen LogP) is 6.55. The van der Waals surface area contributed by atoms with Crippen LogP contribution in [-0.4, -0.2) is 4.98 Å². The molecule has 5 rings (SSSR count). The molecule has 0 bridgehead atoms. The fraction of sp³-hybridized carbons (Fsp3) is 0. The third-order valence-electron chi connectivity index (χ3n) is 4.79. The quantitative estimate of drug-likeness (QED) is 0.349. The van der Waals surface area contributed by atoms with Gasteiger partial charge in [0.15, 0.2) is 0 Å². The van der Waals surface area contributed by atoms with Gasteiger partial charge in [-0.3, -0.25) is 4.98 Å². The second-order valence-electron chi connectivity index (χ2n) is 6.46. The standard InChI is InChI=1S/C24H15N3S/c25-15-18-16-26-13-12-20(18)17-6-5-7-19(14-17)27-21-8-1-3-10-23(21)28-24-11-4-2-9-22(24)27/h1-14,16H. The third kappa shape index (κ3) is 2.74. The second-order valence-corrected chi connectivity index (χ2v) is 7.54. The number of nitriles is 1. The highest BCUT2D eigenvalue weighted by Gasteiger charge is 2.24. The van der Waals surface area contributed by atoms with Crippen molar-refractivity contribution < 1.29 is 0 Å². The lowest BCUT2D eigenvalue weighted by Crippen LogP contribution is -2.14. The predicted molar refractivity (Wildman–Crippen MR) is 113 cm³/mol. The molecule has 0 fully saturated rings. The van der Waals surface area contributed by atoms with Crippen molar-refractivity contribution in [2.24, 2.45) is 0 Å². The third-order valence-corrected chi connectivity index (χ3v) is 5.92. The summed E-state index contributed by atoms with van der Waals surface area (Å²) >= 11 is 1.79. The van der Waals surface area contributed by atoms with Crippen molar-refractivity contribution in [2.45, 2.75) is 9.79 Å². The van der Waals surface area contributed by atoms with E-state index in [9.17, 15) is 5.26 Å². The number of anilines is 3. The Hall–Kier alpha value is -3.55. The summed E-state index contributed by atoms with van der Waals surface area (Å²) in [6, 6.07) is 29.4. The molecule has 4 heteroatoms. The van der Waals surface area contributed by atoms with Crippen LogP contribution in [0.4, 0.5) is 17.1 Å². The summed E-state index contributed by atoms with van der Waals surface area (Å²) in [6.45, 7) is 0. The van der Waals surface area contributed by atoms with E-state index in [-0.39, 0.29) is 0 Å². The Kier molecular flexibility index (Phi) is 4.08. The Morgan fingerprint density at radius 3 is 2.25 bits per heavy atom. The molecule has 132 valence electrons. The number of para-hydroxylation sites is 2. The van der Waals surface area contributed by atoms with Gasteiger partial charge in [-0.05, 0) is 48.0 Å². The molecule has 28 heavy (non-hydrogen) atoms. The van der Waals surface area contributed by atoms with Crippen molar-refractivity contribution in [3.05, 3.63) is 96.8 Å². The molecule has 2 heterocycles. The summed E-state index contributed by atoms with van der Waals surface area (Å²) in [5, 5.41) is 9.45. The van der Waals surface area contributed by atoms with E-state index in [0.717, 1.165) is 16.8 Å². The fourth-order valence-corrected chi connectivity index (χ4v) is 4.59. The van der Waals surface area contributed by atoms with Gasteiger partial charge < -0.3 is 4.90 Å². The molecule has 0 radical (unpaired) electrons. The number of fused-ring (bicyclic) bond motifs is 2. The minimum absolute atomic E-state index is 0.578. The normalized spacial score (nSPS) is 12.0. The zero-order valence-electron chi connectivity index (χ0n) is 14.9. The number of aromatic nitrogens is 1. The summed E-state index contributed by atoms with van der Waals surface area (Å²) in [7, 11) is 0. The first kappa shape index (κ1) is 16.6. The highest BCUT2D eigenvalue weighted by Crippen LogP contribution is 2.51. The monoisotopic (exact) mass is 377 g/mol. The molecule has 3 nitrogen and oxygen atoms in total. The lowest BCUT2D eigenvalue weighted by Gasteiger charge is -2.33. The molecule has 0 saturated heterocycles. The van der Waals surface area contributed by atoms with Gasteiger partial charge in [-0.2, -0.15) is 5.26 Å². The van der Waals surface area contributed by atoms with Gasteiger partial charge in [0.25, 0.3) is 0 Å². The van der Waals surface area contributed by atoms with E-state index in [1.165, 1.54) is 21.2 Å². The Labute approximate surface area is 167 Å². The van der Waals surface area contributed by atoms with Gasteiger partial charge in [0.05, 0.1) is 16.9 Å². The van der Waals surface area contributed by atoms with Crippen molar-refractivity contribution in [1.82, 2.24) is 4.98 Å². The molecule has 1 aliphatic rings. The van der Waals surface area contributed by atoms with Crippen molar-refractivity contribution in [1.29, 1.82) is 5.26 Å². The first-order chi connectivity index (χ1) is 13.8. The van der Waals surface area contributed by atoms with Gasteiger partial charge >= 0.3 is 0 Å². The first-order valence-electron chi connectivity index (χ1n) is 8.96. The van der Waals surface area contributed by atoms with Crippen LogP contribution >= 0.6 is 11.8 Å². The van der Waals surface area contributed by atoms with Crippen LogP contribution in [0.25, 0.3) is 11.1 Å². The van der Waals surface area contributed by atoms with Crippen LogP contribution < -0.4 is 4.90 Å². The Bertz CT molecular complexity index is 1180. The number of benzene rings is 3. The first-order valence-corrected chi connectivity index (χ1v) is 9.77. The summed E-state index contributed by atoms with van der Waals surface area (Å²) in [5.41, 5.74) is 5.88. The molecule has 0 amide bonds. The minimum Gasteiger partial charge on any atom is -0.308 e. The van der Waals surface area contributed by atoms with E-state index < -0.39 is 0 Å². The average Bonchev–Trinajstić information content (AvgIpc) is 2.77. The maximum atomic E-state index is 9.45. The second kappa shape index (κ2) is 6.88. The molecular weight excluding hydrogens is 362 g/mol. The lowest BCUT2D eigenvalue weighted by molar-refractivity contribution is 1.17. The van der Waals surface area contributed by atoms with Crippen LogP contribution in [0.15, 0.2) is 101 Å². The molecule has 0 unspecified atom stereocenters. The number of hydrogen-bond acceptors (Lipinski definition) is 4. The van der Waals surface area contributed by atoms with Crippen LogP contribution in [0, 0.1) is 11.3 Å². The van der Waals surface area contributed by atoms with Crippen LogP contribution in [0.3, 0.4) is 0 Å². The van der Waals surface area contributed by atoms with Gasteiger partial charge in [0.2, 0.25) is 0 Å². The Morgan fingerprint density at radius 1 is 0.821 bits per heavy atom. The van der Waals surface area contributed by atoms with Crippen molar-refractivity contribution in [3.63, 3.8) is 0 Å². The molecular formula is C24H15N3S. The van der Waals surface area contributed by atoms with Crippen LogP contribution in [0.2, 0.25) is 0 Å². The summed E-state index contributed by atoms with van der Waals surface area (Å²) < 4.78 is 0. The maximum Gasteiger partial charge on any atom is 0.101 e. The molecule has 0 aliphatic carbocycles. The molecule has 1 aromatic heterocycles. The SMILES string of the molecule is N#Cc1cnccc1-c1cccc(N2c3ccccc3Sc3ccccc32)c1. The van der Waals surface area contributed by atoms with Gasteiger partial charge in [-0.15, -0.1) is 0 Å². The van der Waals surface area contributed by atoms with Crippen molar-refractivity contribution in [2.75, 3.05) is 4.90 Å². The maximum absolute atomic E-state index is 9.45. The van der Waals surface area contributed by atoms with Crippen molar-refractivity contribution >= 4 is 28.8 Å². The topological polar surface area (TPSA) is 39.9 Å². The number of rotatable bonds is 2. The van der Waals surface area contributed by atoms with E-state index in [1.807, 2.05) is 18.2 Å². The zero-order valence-corrected chi connectivity index (χ0v) is 15.7. The average molecular weight is 377 g/mol. The van der Waals surface area contributed by atoms with E-state index in [2.05, 4.69) is 76.6 Å². The van der Waals surface area contributed by atoms with Crippen molar-refractivity contribution in [3.8, 4) is 17.2 Å². The minimum atomic E-state index is 0.578. The van der Waals surface area contributed by atoms with Crippen LogP contribution in [-0.2, 0) is 0 Å². The summed E-state index contributed by atoms with van der Waals surface area (Å²) in [6.07, 6.45) is 3.34. The smallest absolute Gasteiger partial charge is 0.101 e. The van der Waals surface area contributed by atoms with E-state index in [1.54, 1.807) is 24.2 Å². The largest absolute Gasteiger partial charge is 0.308 e. The molecule has 0 atom stereocenters. The Balaban J connectivity index is 1.70. The van der Waals surface area contributed by atoms with E-state index in [0.29, 0.717) is 5.56 Å². The Morgan fingerprint density at radius 2 is 1.54 bits per heavy atom. The highest BCUT2D eigenvalue weighted by molar-refractivity contribution is 7.99. The fourth-order valence-electron chi connectivity index (χ4n) is 3.53. The van der Waals surface area contributed by atoms with Gasteiger partial charge in [-0.25, -0.2) is 0 Å². The highest BCUT2D eigenvalue weighted by atomic mass is 32.2. The van der Waals surface area contributed by atoms with Gasteiger partial charge in [0, 0.05) is 33.4 Å². The molecule has 3 aromatic carbocycles. The molecule has 4 aromatic rings. The van der Waals surface area contributed by atoms with Gasteiger partial charge in [0.1, 0.15) is 6.07 Å². The number of pyridine rings is 1. The van der Waals surface area contributed by atoms with Crippen LogP contribution in [0.1, 0.15) is 5.56 Å². The molecule has 1 aliphatic heterocycles. The number of nitrogens with zero attached hydrogens (tertiary/aromatic N) is 3. The summed E-state index contributed by atoms with van der Waals surface area (Å²) in [4.78, 5) is 8.83. The van der Waals surface area contributed by atoms with Crippen LogP contribution in [0.5, 0.6) is 0 Å². The van der Waals surface area contributed by atoms with E-state index >= 15 is 0 Å². The molecule has 0 N–H and O–H groups in total. The van der Waals surface area contributed by atoms with E-state index in [4.69, 9.17) is 0 Å². The summed E-state index contributed by atoms with van der Waals surface area (Å²) in [5.74, 6) is 0. The number of hydrogen-bond donors (Lipinski definition) is 0. The lowest BCUT2D eigenvalue weighted by atomic mass is 10.0. The zero-order chi connectivity index (χ0) is 18.9.